The van der Waals surface area contributed by atoms with E-state index >= 15 is 0 Å². The van der Waals surface area contributed by atoms with E-state index in [9.17, 15) is 15.0 Å². The topological polar surface area (TPSA) is 57.5 Å². The predicted molar refractivity (Wildman–Crippen MR) is 74.8 cm³/mol. The third-order valence-electron chi connectivity index (χ3n) is 5.93. The Labute approximate surface area is 115 Å². The quantitative estimate of drug-likeness (QED) is 0.771. The average Bonchev–Trinajstić information content (AvgIpc) is 2.33. The summed E-state index contributed by atoms with van der Waals surface area (Å²) in [6.07, 6.45) is 5.37. The van der Waals surface area contributed by atoms with Gasteiger partial charge in [0.1, 0.15) is 0 Å². The Kier molecular flexibility index (Phi) is 3.78. The Morgan fingerprint density at radius 2 is 2.11 bits per heavy atom. The molecule has 2 saturated carbocycles. The van der Waals surface area contributed by atoms with Gasteiger partial charge in [0.25, 0.3) is 0 Å². The van der Waals surface area contributed by atoms with Crippen molar-refractivity contribution >= 4 is 5.97 Å². The molecular weight excluding hydrogens is 240 g/mol. The van der Waals surface area contributed by atoms with Gasteiger partial charge < -0.3 is 10.2 Å². The van der Waals surface area contributed by atoms with Gasteiger partial charge in [0, 0.05) is 6.61 Å². The number of carbonyl (C=O) groups is 1. The number of aliphatic hydroxyl groups excluding tert-OH is 1. The number of carboxylic acid groups (broad SMARTS) is 1. The van der Waals surface area contributed by atoms with Gasteiger partial charge in [-0.25, -0.2) is 0 Å². The fourth-order valence-corrected chi connectivity index (χ4v) is 4.87. The van der Waals surface area contributed by atoms with E-state index in [1.807, 2.05) is 6.92 Å². The van der Waals surface area contributed by atoms with Crippen molar-refractivity contribution in [2.24, 2.45) is 22.7 Å². The van der Waals surface area contributed by atoms with E-state index in [0.29, 0.717) is 0 Å². The van der Waals surface area contributed by atoms with Gasteiger partial charge in [-0.3, -0.25) is 4.79 Å². The van der Waals surface area contributed by atoms with Gasteiger partial charge in [-0.2, -0.15) is 0 Å². The van der Waals surface area contributed by atoms with Crippen molar-refractivity contribution in [3.8, 4) is 0 Å². The molecule has 2 aliphatic rings. The molecule has 0 amide bonds. The maximum absolute atomic E-state index is 11.7. The molecule has 0 aromatic rings. The van der Waals surface area contributed by atoms with Crippen molar-refractivity contribution in [3.05, 3.63) is 12.2 Å². The Balaban J connectivity index is 2.38. The van der Waals surface area contributed by atoms with Gasteiger partial charge in [-0.05, 0) is 56.3 Å². The minimum Gasteiger partial charge on any atom is -0.481 e. The summed E-state index contributed by atoms with van der Waals surface area (Å²) in [6.45, 7) is 8.49. The highest BCUT2D eigenvalue weighted by molar-refractivity contribution is 5.75. The number of rotatable bonds is 3. The molecule has 0 aliphatic heterocycles. The highest BCUT2D eigenvalue weighted by Crippen LogP contribution is 2.61. The van der Waals surface area contributed by atoms with E-state index in [2.05, 4.69) is 13.5 Å². The first-order valence-electron chi connectivity index (χ1n) is 7.38. The Morgan fingerprint density at radius 1 is 1.42 bits per heavy atom. The summed E-state index contributed by atoms with van der Waals surface area (Å²) >= 11 is 0. The van der Waals surface area contributed by atoms with Crippen LogP contribution in [0.2, 0.25) is 0 Å². The normalized spacial score (nSPS) is 42.8. The largest absolute Gasteiger partial charge is 0.481 e. The highest BCUT2D eigenvalue weighted by atomic mass is 16.4. The van der Waals surface area contributed by atoms with E-state index in [4.69, 9.17) is 0 Å². The molecule has 2 rings (SSSR count). The maximum atomic E-state index is 11.7. The van der Waals surface area contributed by atoms with Crippen LogP contribution in [0.4, 0.5) is 0 Å². The molecule has 0 radical (unpaired) electrons. The predicted octanol–water partition coefficient (Wildman–Crippen LogP) is 3.23. The lowest BCUT2D eigenvalue weighted by Gasteiger charge is -2.57. The van der Waals surface area contributed by atoms with E-state index in [1.165, 1.54) is 5.57 Å². The highest BCUT2D eigenvalue weighted by Gasteiger charge is 2.57. The molecule has 0 unspecified atom stereocenters. The van der Waals surface area contributed by atoms with Crippen molar-refractivity contribution in [2.45, 2.75) is 52.4 Å². The standard InChI is InChI=1S/C16H26O3/c1-11-5-6-13-15(2,12(11)7-10-17)8-4-9-16(13,3)14(18)19/h12-13,17H,1,4-10H2,2-3H3,(H,18,19)/t12-,13+,15+,16-/m0/s1. The molecule has 0 aromatic carbocycles. The molecule has 2 fully saturated rings. The van der Waals surface area contributed by atoms with Crippen molar-refractivity contribution in [3.63, 3.8) is 0 Å². The molecule has 2 aliphatic carbocycles. The number of carboxylic acids is 1. The summed E-state index contributed by atoms with van der Waals surface area (Å²) < 4.78 is 0. The zero-order valence-electron chi connectivity index (χ0n) is 12.1. The molecular formula is C16H26O3. The van der Waals surface area contributed by atoms with Crippen LogP contribution >= 0.6 is 0 Å². The minimum atomic E-state index is -0.654. The molecule has 0 bridgehead atoms. The number of hydrogen-bond donors (Lipinski definition) is 2. The lowest BCUT2D eigenvalue weighted by atomic mass is 9.47. The summed E-state index contributed by atoms with van der Waals surface area (Å²) in [5, 5.41) is 19.0. The van der Waals surface area contributed by atoms with Crippen LogP contribution in [0.5, 0.6) is 0 Å². The molecule has 0 aromatic heterocycles. The second-order valence-electron chi connectivity index (χ2n) is 6.90. The van der Waals surface area contributed by atoms with Gasteiger partial charge in [-0.15, -0.1) is 0 Å². The van der Waals surface area contributed by atoms with Crippen LogP contribution < -0.4 is 0 Å². The number of allylic oxidation sites excluding steroid dienone is 1. The van der Waals surface area contributed by atoms with Gasteiger partial charge in [-0.1, -0.05) is 25.5 Å². The van der Waals surface area contributed by atoms with Crippen LogP contribution in [-0.4, -0.2) is 22.8 Å². The van der Waals surface area contributed by atoms with Crippen LogP contribution in [0.15, 0.2) is 12.2 Å². The SMILES string of the molecule is C=C1CC[C@@H]2[C@](C)(CCC[C@]2(C)C(=O)O)[C@H]1CCO. The minimum absolute atomic E-state index is 0.0105. The third-order valence-corrected chi connectivity index (χ3v) is 5.93. The number of aliphatic carboxylic acids is 1. The lowest BCUT2D eigenvalue weighted by molar-refractivity contribution is -0.164. The summed E-state index contributed by atoms with van der Waals surface area (Å²) in [6, 6.07) is 0. The second kappa shape index (κ2) is 4.93. The molecule has 3 nitrogen and oxygen atoms in total. The fourth-order valence-electron chi connectivity index (χ4n) is 4.87. The average molecular weight is 266 g/mol. The number of fused-ring (bicyclic) bond motifs is 1. The second-order valence-corrected chi connectivity index (χ2v) is 6.90. The van der Waals surface area contributed by atoms with Crippen LogP contribution in [-0.2, 0) is 4.79 Å². The van der Waals surface area contributed by atoms with E-state index in [1.54, 1.807) is 0 Å². The van der Waals surface area contributed by atoms with Crippen molar-refractivity contribution < 1.29 is 15.0 Å². The van der Waals surface area contributed by atoms with E-state index in [0.717, 1.165) is 38.5 Å². The van der Waals surface area contributed by atoms with Gasteiger partial charge in [0.2, 0.25) is 0 Å². The molecule has 0 heterocycles. The van der Waals surface area contributed by atoms with E-state index in [-0.39, 0.29) is 23.9 Å². The van der Waals surface area contributed by atoms with Crippen LogP contribution in [0, 0.1) is 22.7 Å². The zero-order valence-corrected chi connectivity index (χ0v) is 12.1. The van der Waals surface area contributed by atoms with Crippen molar-refractivity contribution in [1.29, 1.82) is 0 Å². The lowest BCUT2D eigenvalue weighted by Crippen LogP contribution is -2.53. The molecule has 0 saturated heterocycles. The Bertz CT molecular complexity index is 389. The molecule has 0 spiro atoms. The molecule has 4 atom stereocenters. The van der Waals surface area contributed by atoms with Crippen molar-refractivity contribution in [1.82, 2.24) is 0 Å². The Morgan fingerprint density at radius 3 is 2.68 bits per heavy atom. The molecule has 3 heteroatoms. The summed E-state index contributed by atoms with van der Waals surface area (Å²) in [4.78, 5) is 11.7. The van der Waals surface area contributed by atoms with Crippen LogP contribution in [0.1, 0.15) is 52.4 Å². The van der Waals surface area contributed by atoms with Crippen LogP contribution in [0.25, 0.3) is 0 Å². The van der Waals surface area contributed by atoms with E-state index < -0.39 is 11.4 Å². The maximum Gasteiger partial charge on any atom is 0.309 e. The van der Waals surface area contributed by atoms with Gasteiger partial charge >= 0.3 is 5.97 Å². The summed E-state index contributed by atoms with van der Waals surface area (Å²) in [5.41, 5.74) is 0.590. The van der Waals surface area contributed by atoms with Crippen LogP contribution in [0.3, 0.4) is 0 Å². The first-order chi connectivity index (χ1) is 8.86. The Hall–Kier alpha value is -0.830. The molecule has 2 N–H and O–H groups in total. The summed E-state index contributed by atoms with van der Waals surface area (Å²) in [7, 11) is 0. The number of aliphatic hydroxyl groups is 1. The smallest absolute Gasteiger partial charge is 0.309 e. The molecule has 19 heavy (non-hydrogen) atoms. The van der Waals surface area contributed by atoms with Gasteiger partial charge in [0.05, 0.1) is 5.41 Å². The first kappa shape index (κ1) is 14.6. The fraction of sp³-hybridized carbons (Fsp3) is 0.812. The third kappa shape index (κ3) is 2.12. The first-order valence-corrected chi connectivity index (χ1v) is 7.38. The zero-order chi connectivity index (χ0) is 14.3. The monoisotopic (exact) mass is 266 g/mol. The van der Waals surface area contributed by atoms with Crippen molar-refractivity contribution in [2.75, 3.05) is 6.61 Å². The summed E-state index contributed by atoms with van der Waals surface area (Å²) in [5.74, 6) is -0.179. The molecule has 108 valence electrons. The van der Waals surface area contributed by atoms with Gasteiger partial charge in [0.15, 0.2) is 0 Å². The number of hydrogen-bond acceptors (Lipinski definition) is 2.